The van der Waals surface area contributed by atoms with E-state index in [4.69, 9.17) is 5.73 Å². The molecule has 0 fully saturated rings. The highest BCUT2D eigenvalue weighted by Gasteiger charge is 2.38. The van der Waals surface area contributed by atoms with Crippen molar-refractivity contribution in [1.29, 1.82) is 0 Å². The van der Waals surface area contributed by atoms with E-state index in [0.29, 0.717) is 6.20 Å². The number of H-pyrrole nitrogens is 1. The highest BCUT2D eigenvalue weighted by molar-refractivity contribution is 5.41. The summed E-state index contributed by atoms with van der Waals surface area (Å²) in [5, 5.41) is 0. The van der Waals surface area contributed by atoms with Crippen LogP contribution >= 0.6 is 0 Å². The molecule has 1 aromatic heterocycles. The summed E-state index contributed by atoms with van der Waals surface area (Å²) >= 11 is 0. The molecule has 0 radical (unpaired) electrons. The number of nitrogens with two attached hydrogens (primary N) is 1. The lowest BCUT2D eigenvalue weighted by molar-refractivity contribution is -0.143. The minimum absolute atomic E-state index is 0.539. The topological polar surface area (TPSA) is 58.9 Å². The Bertz CT molecular complexity index is 422. The minimum atomic E-state index is -5.04. The Morgan fingerprint density at radius 2 is 1.87 bits per heavy atom. The molecule has 0 aliphatic carbocycles. The molecule has 1 heterocycles. The lowest BCUT2D eigenvalue weighted by Crippen LogP contribution is -2.23. The van der Waals surface area contributed by atoms with Crippen LogP contribution in [-0.4, -0.2) is 4.98 Å². The number of hydrogen-bond acceptors (Lipinski definition) is 2. The number of aromatic amines is 1. The zero-order chi connectivity index (χ0) is 11.8. The van der Waals surface area contributed by atoms with Crippen LogP contribution in [0, 0.1) is 0 Å². The number of rotatable bonds is 1. The van der Waals surface area contributed by atoms with E-state index in [1.807, 2.05) is 0 Å². The largest absolute Gasteiger partial charge is 0.431 e. The second kappa shape index (κ2) is 3.52. The van der Waals surface area contributed by atoms with E-state index >= 15 is 0 Å². The average Bonchev–Trinajstić information content (AvgIpc) is 2.06. The van der Waals surface area contributed by atoms with Crippen molar-refractivity contribution in [3.05, 3.63) is 27.7 Å². The second-order valence-corrected chi connectivity index (χ2v) is 2.66. The third kappa shape index (κ3) is 2.08. The molecular formula is C7H5F5N2O. The summed E-state index contributed by atoms with van der Waals surface area (Å²) < 4.78 is 61.0. The third-order valence-corrected chi connectivity index (χ3v) is 1.65. The van der Waals surface area contributed by atoms with Crippen LogP contribution in [0.1, 0.15) is 17.7 Å². The third-order valence-electron chi connectivity index (χ3n) is 1.65. The van der Waals surface area contributed by atoms with Gasteiger partial charge in [0.15, 0.2) is 0 Å². The molecule has 0 atom stereocenters. The monoisotopic (exact) mass is 228 g/mol. The quantitative estimate of drug-likeness (QED) is 0.721. The van der Waals surface area contributed by atoms with Crippen LogP contribution in [0.15, 0.2) is 11.0 Å². The van der Waals surface area contributed by atoms with Crippen LogP contribution < -0.4 is 11.2 Å². The molecule has 0 aromatic carbocycles. The van der Waals surface area contributed by atoms with Crippen LogP contribution in [0.5, 0.6) is 0 Å². The smallest absolute Gasteiger partial charge is 0.394 e. The molecule has 0 saturated carbocycles. The zero-order valence-electron chi connectivity index (χ0n) is 7.03. The molecule has 8 heteroatoms. The maximum Gasteiger partial charge on any atom is 0.431 e. The number of nitrogens with one attached hydrogen (secondary N) is 1. The predicted octanol–water partition coefficient (Wildman–Crippen LogP) is 1.91. The van der Waals surface area contributed by atoms with E-state index < -0.39 is 35.0 Å². The maximum absolute atomic E-state index is 12.2. The summed E-state index contributed by atoms with van der Waals surface area (Å²) in [4.78, 5) is 12.5. The first-order chi connectivity index (χ1) is 6.75. The molecule has 0 aliphatic heterocycles. The van der Waals surface area contributed by atoms with Gasteiger partial charge in [-0.2, -0.15) is 13.2 Å². The van der Waals surface area contributed by atoms with Gasteiger partial charge >= 0.3 is 6.18 Å². The normalized spacial score (nSPS) is 12.1. The number of nitrogen functional groups attached to an aromatic ring is 1. The van der Waals surface area contributed by atoms with Gasteiger partial charge in [-0.1, -0.05) is 0 Å². The predicted molar refractivity (Wildman–Crippen MR) is 41.4 cm³/mol. The number of pyridine rings is 1. The van der Waals surface area contributed by atoms with E-state index in [1.54, 1.807) is 0 Å². The molecule has 0 spiro atoms. The van der Waals surface area contributed by atoms with E-state index in [0.717, 1.165) is 0 Å². The van der Waals surface area contributed by atoms with Crippen LogP contribution in [0.4, 0.5) is 27.6 Å². The molecule has 0 unspecified atom stereocenters. The van der Waals surface area contributed by atoms with Gasteiger partial charge in [-0.3, -0.25) is 4.79 Å². The highest BCUT2D eigenvalue weighted by atomic mass is 19.4. The van der Waals surface area contributed by atoms with Crippen LogP contribution in [0.25, 0.3) is 0 Å². The first kappa shape index (κ1) is 11.5. The second-order valence-electron chi connectivity index (χ2n) is 2.66. The molecule has 0 amide bonds. The van der Waals surface area contributed by atoms with Crippen molar-refractivity contribution in [3.8, 4) is 0 Å². The van der Waals surface area contributed by atoms with Crippen molar-refractivity contribution >= 4 is 5.69 Å². The molecule has 1 rings (SSSR count). The van der Waals surface area contributed by atoms with E-state index in [-0.39, 0.29) is 0 Å². The van der Waals surface area contributed by atoms with Crippen molar-refractivity contribution in [2.24, 2.45) is 0 Å². The fourth-order valence-electron chi connectivity index (χ4n) is 1.00. The van der Waals surface area contributed by atoms with Crippen molar-refractivity contribution in [3.63, 3.8) is 0 Å². The minimum Gasteiger partial charge on any atom is -0.394 e. The number of alkyl halides is 5. The van der Waals surface area contributed by atoms with Gasteiger partial charge in [0.05, 0.1) is 11.3 Å². The van der Waals surface area contributed by atoms with Gasteiger partial charge in [0, 0.05) is 6.20 Å². The van der Waals surface area contributed by atoms with Crippen molar-refractivity contribution < 1.29 is 22.0 Å². The first-order valence-electron chi connectivity index (χ1n) is 3.61. The van der Waals surface area contributed by atoms with Gasteiger partial charge in [-0.05, 0) is 0 Å². The SMILES string of the molecule is Nc1c[nH]c(C(F)(F)F)c(C(F)F)c1=O. The summed E-state index contributed by atoms with van der Waals surface area (Å²) in [7, 11) is 0. The molecule has 0 saturated heterocycles. The van der Waals surface area contributed by atoms with Crippen molar-refractivity contribution in [2.75, 3.05) is 5.73 Å². The van der Waals surface area contributed by atoms with E-state index in [9.17, 15) is 26.7 Å². The van der Waals surface area contributed by atoms with Gasteiger partial charge in [-0.25, -0.2) is 8.78 Å². The molecule has 3 N–H and O–H groups in total. The zero-order valence-corrected chi connectivity index (χ0v) is 7.03. The van der Waals surface area contributed by atoms with Gasteiger partial charge in [0.2, 0.25) is 5.43 Å². The summed E-state index contributed by atoms with van der Waals surface area (Å²) in [5.41, 5.74) is -0.677. The average molecular weight is 228 g/mol. The van der Waals surface area contributed by atoms with Crippen molar-refractivity contribution in [2.45, 2.75) is 12.6 Å². The summed E-state index contributed by atoms with van der Waals surface area (Å²) in [6.07, 6.45) is -8.04. The van der Waals surface area contributed by atoms with Crippen LogP contribution in [-0.2, 0) is 6.18 Å². The molecule has 0 aliphatic rings. The fraction of sp³-hybridized carbons (Fsp3) is 0.286. The summed E-state index contributed by atoms with van der Waals surface area (Å²) in [5.74, 6) is 0. The molecular weight excluding hydrogens is 223 g/mol. The van der Waals surface area contributed by atoms with Gasteiger partial charge in [0.1, 0.15) is 5.69 Å². The maximum atomic E-state index is 12.2. The van der Waals surface area contributed by atoms with Gasteiger partial charge < -0.3 is 10.7 Å². The molecule has 84 valence electrons. The number of aromatic nitrogens is 1. The van der Waals surface area contributed by atoms with Gasteiger partial charge in [-0.15, -0.1) is 0 Å². The van der Waals surface area contributed by atoms with Gasteiger partial charge in [0.25, 0.3) is 6.43 Å². The van der Waals surface area contributed by atoms with E-state index in [1.165, 1.54) is 4.98 Å². The Labute approximate surface area is 79.7 Å². The number of anilines is 1. The van der Waals surface area contributed by atoms with E-state index in [2.05, 4.69) is 0 Å². The number of hydrogen-bond donors (Lipinski definition) is 2. The Morgan fingerprint density at radius 1 is 1.33 bits per heavy atom. The highest BCUT2D eigenvalue weighted by Crippen LogP contribution is 2.33. The Kier molecular flexibility index (Phi) is 2.69. The lowest BCUT2D eigenvalue weighted by atomic mass is 10.1. The first-order valence-corrected chi connectivity index (χ1v) is 3.61. The molecule has 3 nitrogen and oxygen atoms in total. The fourth-order valence-corrected chi connectivity index (χ4v) is 1.00. The van der Waals surface area contributed by atoms with Crippen LogP contribution in [0.3, 0.4) is 0 Å². The molecule has 1 aromatic rings. The Hall–Kier alpha value is -1.60. The lowest BCUT2D eigenvalue weighted by Gasteiger charge is -2.11. The summed E-state index contributed by atoms with van der Waals surface area (Å²) in [6.45, 7) is 0. The Balaban J connectivity index is 3.55. The van der Waals surface area contributed by atoms with Crippen LogP contribution in [0.2, 0.25) is 0 Å². The number of halogens is 5. The standard InChI is InChI=1S/C7H5F5N2O/c8-6(9)3-4(15)2(13)1-14-5(3)7(10,11)12/h1,6H,13H2,(H,14,15). The Morgan fingerprint density at radius 3 is 2.27 bits per heavy atom. The molecule has 15 heavy (non-hydrogen) atoms. The summed E-state index contributed by atoms with van der Waals surface area (Å²) in [6, 6.07) is 0. The molecule has 0 bridgehead atoms. The van der Waals surface area contributed by atoms with Crippen molar-refractivity contribution in [1.82, 2.24) is 4.98 Å².